The normalized spacial score (nSPS) is 14.9. The Labute approximate surface area is 165 Å². The maximum absolute atomic E-state index is 12.9. The van der Waals surface area contributed by atoms with Gasteiger partial charge in [-0.15, -0.1) is 11.3 Å². The van der Waals surface area contributed by atoms with E-state index in [9.17, 15) is 9.59 Å². The molecule has 3 heterocycles. The Hall–Kier alpha value is -2.06. The lowest BCUT2D eigenvalue weighted by atomic mass is 9.97. The van der Waals surface area contributed by atoms with Gasteiger partial charge in [0.05, 0.1) is 23.4 Å². The second-order valence-electron chi connectivity index (χ2n) is 6.71. The summed E-state index contributed by atoms with van der Waals surface area (Å²) in [5.74, 6) is 0.591. The summed E-state index contributed by atoms with van der Waals surface area (Å²) >= 11 is 2.94. The molecule has 1 N–H and O–H groups in total. The molecule has 3 aromatic heterocycles. The molecule has 0 unspecified atom stereocenters. The Kier molecular flexibility index (Phi) is 5.10. The molecule has 0 spiro atoms. The molecule has 6 nitrogen and oxygen atoms in total. The lowest BCUT2D eigenvalue weighted by molar-refractivity contribution is -0.120. The van der Waals surface area contributed by atoms with Gasteiger partial charge in [-0.1, -0.05) is 11.8 Å². The van der Waals surface area contributed by atoms with E-state index >= 15 is 0 Å². The third-order valence-corrected chi connectivity index (χ3v) is 7.15. The standard InChI is InChI=1S/C19H21N3O3S2/c1-11(16(23)20-10-12-6-5-9-25-12)26-19-21-17-15(18(24)22(19)2)13-7-3-4-8-14(13)27-17/h5-6,9,11H,3-4,7-8,10H2,1-2H3,(H,20,23)/t11-/m1/s1. The first-order valence-corrected chi connectivity index (χ1v) is 10.7. The summed E-state index contributed by atoms with van der Waals surface area (Å²) in [7, 11) is 1.73. The van der Waals surface area contributed by atoms with Crippen LogP contribution in [0.4, 0.5) is 0 Å². The number of carbonyl (C=O) groups is 1. The van der Waals surface area contributed by atoms with Gasteiger partial charge < -0.3 is 9.73 Å². The number of thioether (sulfide) groups is 1. The zero-order chi connectivity index (χ0) is 19.0. The minimum atomic E-state index is -0.370. The van der Waals surface area contributed by atoms with Gasteiger partial charge in [-0.3, -0.25) is 14.2 Å². The first kappa shape index (κ1) is 18.3. The van der Waals surface area contributed by atoms with E-state index in [1.807, 2.05) is 13.0 Å². The molecule has 142 valence electrons. The van der Waals surface area contributed by atoms with Crippen LogP contribution in [0.3, 0.4) is 0 Å². The first-order valence-electron chi connectivity index (χ1n) is 9.02. The predicted octanol–water partition coefficient (Wildman–Crippen LogP) is 3.26. The highest BCUT2D eigenvalue weighted by molar-refractivity contribution is 8.00. The molecule has 0 aromatic carbocycles. The van der Waals surface area contributed by atoms with E-state index in [0.717, 1.165) is 29.5 Å². The summed E-state index contributed by atoms with van der Waals surface area (Å²) in [5.41, 5.74) is 1.18. The van der Waals surface area contributed by atoms with Crippen molar-refractivity contribution in [3.8, 4) is 0 Å². The first-order chi connectivity index (χ1) is 13.0. The number of amides is 1. The quantitative estimate of drug-likeness (QED) is 0.523. The van der Waals surface area contributed by atoms with Gasteiger partial charge in [0.25, 0.3) is 5.56 Å². The van der Waals surface area contributed by atoms with Crippen molar-refractivity contribution in [1.82, 2.24) is 14.9 Å². The monoisotopic (exact) mass is 403 g/mol. The molecule has 1 aliphatic rings. The van der Waals surface area contributed by atoms with Crippen LogP contribution in [-0.4, -0.2) is 20.7 Å². The van der Waals surface area contributed by atoms with Crippen LogP contribution in [0.5, 0.6) is 0 Å². The average Bonchev–Trinajstić information content (AvgIpc) is 3.31. The van der Waals surface area contributed by atoms with Crippen molar-refractivity contribution < 1.29 is 9.21 Å². The molecule has 27 heavy (non-hydrogen) atoms. The smallest absolute Gasteiger partial charge is 0.262 e. The molecule has 1 atom stereocenters. The Morgan fingerprint density at radius 3 is 3.04 bits per heavy atom. The lowest BCUT2D eigenvalue weighted by Gasteiger charge is -2.13. The fraction of sp³-hybridized carbons (Fsp3) is 0.421. The zero-order valence-corrected chi connectivity index (χ0v) is 16.9. The van der Waals surface area contributed by atoms with Crippen LogP contribution >= 0.6 is 23.1 Å². The molecule has 0 aliphatic heterocycles. The van der Waals surface area contributed by atoms with Crippen molar-refractivity contribution in [1.29, 1.82) is 0 Å². The number of aryl methyl sites for hydroxylation is 2. The maximum atomic E-state index is 12.9. The average molecular weight is 404 g/mol. The number of hydrogen-bond donors (Lipinski definition) is 1. The highest BCUT2D eigenvalue weighted by atomic mass is 32.2. The van der Waals surface area contributed by atoms with Crippen LogP contribution < -0.4 is 10.9 Å². The summed E-state index contributed by atoms with van der Waals surface area (Å²) in [5, 5.41) is 3.83. The van der Waals surface area contributed by atoms with Gasteiger partial charge in [-0.2, -0.15) is 0 Å². The van der Waals surface area contributed by atoms with E-state index in [0.29, 0.717) is 17.5 Å². The fourth-order valence-electron chi connectivity index (χ4n) is 3.32. The van der Waals surface area contributed by atoms with Crippen LogP contribution in [0.2, 0.25) is 0 Å². The summed E-state index contributed by atoms with van der Waals surface area (Å²) in [6.07, 6.45) is 5.88. The Morgan fingerprint density at radius 1 is 1.44 bits per heavy atom. The van der Waals surface area contributed by atoms with Crippen molar-refractivity contribution in [2.24, 2.45) is 7.05 Å². The Balaban J connectivity index is 1.55. The molecule has 1 aliphatic carbocycles. The van der Waals surface area contributed by atoms with E-state index in [1.54, 1.807) is 35.3 Å². The van der Waals surface area contributed by atoms with E-state index in [4.69, 9.17) is 9.40 Å². The van der Waals surface area contributed by atoms with Gasteiger partial charge in [0.15, 0.2) is 5.16 Å². The number of nitrogens with one attached hydrogen (secondary N) is 1. The van der Waals surface area contributed by atoms with Gasteiger partial charge in [-0.25, -0.2) is 4.98 Å². The summed E-state index contributed by atoms with van der Waals surface area (Å²) < 4.78 is 6.80. The van der Waals surface area contributed by atoms with Crippen molar-refractivity contribution in [2.45, 2.75) is 49.6 Å². The van der Waals surface area contributed by atoms with E-state index in [-0.39, 0.29) is 16.7 Å². The molecule has 0 radical (unpaired) electrons. The van der Waals surface area contributed by atoms with Gasteiger partial charge in [0.1, 0.15) is 10.6 Å². The highest BCUT2D eigenvalue weighted by Crippen LogP contribution is 2.34. The fourth-order valence-corrected chi connectivity index (χ4v) is 5.52. The van der Waals surface area contributed by atoms with Gasteiger partial charge in [0.2, 0.25) is 5.91 Å². The summed E-state index contributed by atoms with van der Waals surface area (Å²) in [4.78, 5) is 32.1. The number of nitrogens with zero attached hydrogens (tertiary/aromatic N) is 2. The Bertz CT molecular complexity index is 1040. The number of hydrogen-bond acceptors (Lipinski definition) is 6. The van der Waals surface area contributed by atoms with Gasteiger partial charge in [-0.05, 0) is 50.3 Å². The van der Waals surface area contributed by atoms with Crippen LogP contribution in [-0.2, 0) is 31.2 Å². The zero-order valence-electron chi connectivity index (χ0n) is 15.3. The molecular formula is C19H21N3O3S2. The lowest BCUT2D eigenvalue weighted by Crippen LogP contribution is -2.31. The molecule has 0 saturated heterocycles. The van der Waals surface area contributed by atoms with Crippen LogP contribution in [0.25, 0.3) is 10.2 Å². The molecule has 0 saturated carbocycles. The number of thiophene rings is 1. The van der Waals surface area contributed by atoms with Crippen molar-refractivity contribution in [3.63, 3.8) is 0 Å². The largest absolute Gasteiger partial charge is 0.467 e. The van der Waals surface area contributed by atoms with Gasteiger partial charge >= 0.3 is 0 Å². The number of carbonyl (C=O) groups excluding carboxylic acids is 1. The minimum absolute atomic E-state index is 0.00917. The third kappa shape index (κ3) is 3.55. The van der Waals surface area contributed by atoms with E-state index in [1.165, 1.54) is 28.6 Å². The number of rotatable bonds is 5. The second-order valence-corrected chi connectivity index (χ2v) is 9.10. The predicted molar refractivity (Wildman–Crippen MR) is 107 cm³/mol. The highest BCUT2D eigenvalue weighted by Gasteiger charge is 2.23. The summed E-state index contributed by atoms with van der Waals surface area (Å²) in [6, 6.07) is 3.60. The number of fused-ring (bicyclic) bond motifs is 3. The number of furan rings is 1. The molecule has 0 bridgehead atoms. The van der Waals surface area contributed by atoms with Crippen molar-refractivity contribution in [3.05, 3.63) is 45.0 Å². The molecular weight excluding hydrogens is 382 g/mol. The van der Waals surface area contributed by atoms with Crippen molar-refractivity contribution in [2.75, 3.05) is 0 Å². The topological polar surface area (TPSA) is 77.1 Å². The second kappa shape index (κ2) is 7.52. The SMILES string of the molecule is C[C@@H](Sc1nc2sc3c(c2c(=O)n1C)CCCC3)C(=O)NCc1ccco1. The van der Waals surface area contributed by atoms with Crippen LogP contribution in [0, 0.1) is 0 Å². The summed E-state index contributed by atoms with van der Waals surface area (Å²) in [6.45, 7) is 2.16. The maximum Gasteiger partial charge on any atom is 0.262 e. The van der Waals surface area contributed by atoms with E-state index in [2.05, 4.69) is 5.32 Å². The minimum Gasteiger partial charge on any atom is -0.467 e. The molecule has 0 fully saturated rings. The van der Waals surface area contributed by atoms with E-state index < -0.39 is 0 Å². The number of aromatic nitrogens is 2. The molecule has 4 rings (SSSR count). The third-order valence-electron chi connectivity index (χ3n) is 4.82. The van der Waals surface area contributed by atoms with Crippen LogP contribution in [0.15, 0.2) is 32.8 Å². The van der Waals surface area contributed by atoms with Crippen molar-refractivity contribution >= 4 is 39.2 Å². The molecule has 3 aromatic rings. The van der Waals surface area contributed by atoms with Crippen LogP contribution in [0.1, 0.15) is 36.0 Å². The molecule has 1 amide bonds. The molecule has 8 heteroatoms. The van der Waals surface area contributed by atoms with Gasteiger partial charge in [0, 0.05) is 11.9 Å². The Morgan fingerprint density at radius 2 is 2.26 bits per heavy atom.